The second-order valence-corrected chi connectivity index (χ2v) is 5.35. The fraction of sp³-hybridized carbons (Fsp3) is 0.545. The Labute approximate surface area is 106 Å². The molecule has 0 saturated carbocycles. The molecule has 0 bridgehead atoms. The number of hydrogen-bond donors (Lipinski definition) is 1. The van der Waals surface area contributed by atoms with Crippen LogP contribution in [0.5, 0.6) is 0 Å². The van der Waals surface area contributed by atoms with Gasteiger partial charge < -0.3 is 10.0 Å². The lowest BCUT2D eigenvalue weighted by molar-refractivity contribution is -0.253. The molecule has 1 aromatic rings. The van der Waals surface area contributed by atoms with Crippen LogP contribution in [-0.4, -0.2) is 40.8 Å². The van der Waals surface area contributed by atoms with E-state index < -0.39 is 30.7 Å². The van der Waals surface area contributed by atoms with Crippen molar-refractivity contribution in [1.82, 2.24) is 4.90 Å². The van der Waals surface area contributed by atoms with Gasteiger partial charge in [0.05, 0.1) is 11.4 Å². The average molecular weight is 279 g/mol. The van der Waals surface area contributed by atoms with Crippen LogP contribution in [0.4, 0.5) is 13.2 Å². The van der Waals surface area contributed by atoms with Crippen molar-refractivity contribution in [2.24, 2.45) is 0 Å². The Morgan fingerprint density at radius 1 is 1.56 bits per heavy atom. The molecular weight excluding hydrogens is 267 g/mol. The van der Waals surface area contributed by atoms with Gasteiger partial charge in [0.1, 0.15) is 0 Å². The fourth-order valence-corrected chi connectivity index (χ4v) is 2.83. The molecule has 2 heterocycles. The van der Waals surface area contributed by atoms with Gasteiger partial charge >= 0.3 is 6.18 Å². The Bertz CT molecular complexity index is 471. The molecule has 100 valence electrons. The molecule has 18 heavy (non-hydrogen) atoms. The van der Waals surface area contributed by atoms with Gasteiger partial charge in [0, 0.05) is 13.0 Å². The minimum atomic E-state index is -4.70. The monoisotopic (exact) mass is 279 g/mol. The predicted octanol–water partition coefficient (Wildman–Crippen LogP) is 2.20. The van der Waals surface area contributed by atoms with Gasteiger partial charge in [-0.2, -0.15) is 13.2 Å². The Balaban J connectivity index is 2.15. The molecule has 0 aromatic carbocycles. The van der Waals surface area contributed by atoms with Crippen LogP contribution in [0.25, 0.3) is 0 Å². The number of rotatable bonds is 1. The smallest absolute Gasteiger partial charge is 0.379 e. The van der Waals surface area contributed by atoms with E-state index in [2.05, 4.69) is 0 Å². The van der Waals surface area contributed by atoms with E-state index in [1.165, 1.54) is 11.3 Å². The second-order valence-electron chi connectivity index (χ2n) is 4.44. The number of β-amino-alcohol motifs (C(OH)–C–C–N with tert-alkyl or cyclic N) is 1. The van der Waals surface area contributed by atoms with Crippen LogP contribution >= 0.6 is 11.3 Å². The van der Waals surface area contributed by atoms with Gasteiger partial charge in [-0.05, 0) is 23.9 Å². The summed E-state index contributed by atoms with van der Waals surface area (Å²) in [6.45, 7) is 0.967. The minimum absolute atomic E-state index is 0.0772. The van der Waals surface area contributed by atoms with Crippen molar-refractivity contribution in [2.45, 2.75) is 25.1 Å². The number of likely N-dealkylation sites (tertiary alicyclic amines) is 1. The maximum atomic E-state index is 12.6. The first-order valence-corrected chi connectivity index (χ1v) is 6.25. The lowest BCUT2D eigenvalue weighted by Gasteiger charge is -2.25. The molecule has 0 spiro atoms. The highest BCUT2D eigenvalue weighted by Crippen LogP contribution is 2.38. The van der Waals surface area contributed by atoms with E-state index in [1.54, 1.807) is 18.4 Å². The zero-order chi connectivity index (χ0) is 13.6. The topological polar surface area (TPSA) is 40.5 Å². The lowest BCUT2D eigenvalue weighted by atomic mass is 10.0. The van der Waals surface area contributed by atoms with Crippen LogP contribution in [-0.2, 0) is 0 Å². The number of amides is 1. The molecule has 1 aliphatic rings. The maximum Gasteiger partial charge on any atom is 0.419 e. The lowest BCUT2D eigenvalue weighted by Crippen LogP contribution is -2.48. The highest BCUT2D eigenvalue weighted by molar-refractivity contribution is 7.12. The number of alkyl halides is 3. The van der Waals surface area contributed by atoms with E-state index in [9.17, 15) is 23.1 Å². The third kappa shape index (κ3) is 2.12. The highest BCUT2D eigenvalue weighted by Gasteiger charge is 2.57. The first-order chi connectivity index (χ1) is 8.24. The maximum absolute atomic E-state index is 12.6. The fourth-order valence-electron chi connectivity index (χ4n) is 1.93. The van der Waals surface area contributed by atoms with Gasteiger partial charge in [-0.15, -0.1) is 11.3 Å². The number of carbonyl (C=O) groups is 1. The summed E-state index contributed by atoms with van der Waals surface area (Å²) < 4.78 is 37.9. The molecule has 0 radical (unpaired) electrons. The Hall–Kier alpha value is -1.08. The summed E-state index contributed by atoms with van der Waals surface area (Å²) in [7, 11) is 0. The van der Waals surface area contributed by atoms with Crippen LogP contribution in [0, 0.1) is 6.92 Å². The number of thiophene rings is 1. The Kier molecular flexibility index (Phi) is 3.14. The third-order valence-corrected chi connectivity index (χ3v) is 4.12. The summed E-state index contributed by atoms with van der Waals surface area (Å²) in [6.07, 6.45) is -5.17. The number of carbonyl (C=O) groups excluding carboxylic acids is 1. The zero-order valence-corrected chi connectivity index (χ0v) is 10.4. The molecule has 1 fully saturated rings. The first kappa shape index (κ1) is 13.4. The van der Waals surface area contributed by atoms with Gasteiger partial charge in [-0.3, -0.25) is 4.79 Å². The average Bonchev–Trinajstić information content (AvgIpc) is 2.83. The van der Waals surface area contributed by atoms with E-state index in [4.69, 9.17) is 0 Å². The van der Waals surface area contributed by atoms with Crippen LogP contribution in [0.15, 0.2) is 11.4 Å². The van der Waals surface area contributed by atoms with Crippen molar-refractivity contribution < 1.29 is 23.1 Å². The summed E-state index contributed by atoms with van der Waals surface area (Å²) in [6, 6.07) is 1.74. The molecule has 0 aliphatic carbocycles. The van der Waals surface area contributed by atoms with Crippen molar-refractivity contribution in [3.05, 3.63) is 21.9 Å². The van der Waals surface area contributed by atoms with Crippen molar-refractivity contribution in [3.63, 3.8) is 0 Å². The van der Waals surface area contributed by atoms with Crippen molar-refractivity contribution in [2.75, 3.05) is 13.1 Å². The van der Waals surface area contributed by atoms with Gasteiger partial charge in [0.15, 0.2) is 5.60 Å². The van der Waals surface area contributed by atoms with Crippen molar-refractivity contribution in [3.8, 4) is 0 Å². The van der Waals surface area contributed by atoms with Gasteiger partial charge in [-0.1, -0.05) is 0 Å². The summed E-state index contributed by atoms with van der Waals surface area (Å²) in [5.74, 6) is -0.442. The normalized spacial score (nSPS) is 24.6. The molecule has 3 nitrogen and oxygen atoms in total. The largest absolute Gasteiger partial charge is 0.419 e. The molecule has 1 amide bonds. The highest BCUT2D eigenvalue weighted by atomic mass is 32.1. The second kappa shape index (κ2) is 4.24. The summed E-state index contributed by atoms with van der Waals surface area (Å²) in [5.41, 5.74) is -2.03. The quantitative estimate of drug-likeness (QED) is 0.856. The molecule has 1 aromatic heterocycles. The molecule has 1 atom stereocenters. The third-order valence-electron chi connectivity index (χ3n) is 3.12. The molecule has 1 N–H and O–H groups in total. The van der Waals surface area contributed by atoms with E-state index in [0.29, 0.717) is 4.88 Å². The number of halogens is 3. The van der Waals surface area contributed by atoms with Gasteiger partial charge in [0.2, 0.25) is 0 Å². The van der Waals surface area contributed by atoms with Crippen molar-refractivity contribution in [1.29, 1.82) is 0 Å². The Morgan fingerprint density at radius 3 is 2.67 bits per heavy atom. The van der Waals surface area contributed by atoms with Gasteiger partial charge in [-0.25, -0.2) is 0 Å². The summed E-state index contributed by atoms with van der Waals surface area (Å²) in [5, 5.41) is 11.2. The number of aliphatic hydroxyl groups is 1. The van der Waals surface area contributed by atoms with Crippen LogP contribution in [0.1, 0.15) is 21.7 Å². The molecule has 2 rings (SSSR count). The SMILES string of the molecule is Cc1ccsc1C(=O)N1CC[C@](O)(C(F)(F)F)C1. The molecule has 1 saturated heterocycles. The summed E-state index contributed by atoms with van der Waals surface area (Å²) >= 11 is 1.20. The van der Waals surface area contributed by atoms with Gasteiger partial charge in [0.25, 0.3) is 5.91 Å². The molecule has 0 unspecified atom stereocenters. The van der Waals surface area contributed by atoms with E-state index >= 15 is 0 Å². The standard InChI is InChI=1S/C11H12F3NO2S/c1-7-2-5-18-8(7)9(16)15-4-3-10(17,6-15)11(12,13)14/h2,5,17H,3-4,6H2,1H3/t10-/m1/s1. The summed E-state index contributed by atoms with van der Waals surface area (Å²) in [4.78, 5) is 13.5. The van der Waals surface area contributed by atoms with Crippen LogP contribution in [0.2, 0.25) is 0 Å². The zero-order valence-electron chi connectivity index (χ0n) is 9.62. The molecule has 1 aliphatic heterocycles. The van der Waals surface area contributed by atoms with Crippen LogP contribution in [0.3, 0.4) is 0 Å². The van der Waals surface area contributed by atoms with Crippen LogP contribution < -0.4 is 0 Å². The molecular formula is C11H12F3NO2S. The van der Waals surface area contributed by atoms with E-state index in [1.807, 2.05) is 0 Å². The number of nitrogens with zero attached hydrogens (tertiary/aromatic N) is 1. The Morgan fingerprint density at radius 2 is 2.22 bits per heavy atom. The molecule has 7 heteroatoms. The van der Waals surface area contributed by atoms with E-state index in [0.717, 1.165) is 10.5 Å². The minimum Gasteiger partial charge on any atom is -0.379 e. The predicted molar refractivity (Wildman–Crippen MR) is 60.6 cm³/mol. The van der Waals surface area contributed by atoms with Crippen molar-refractivity contribution >= 4 is 17.2 Å². The first-order valence-electron chi connectivity index (χ1n) is 5.37. The van der Waals surface area contributed by atoms with E-state index in [-0.39, 0.29) is 6.54 Å². The number of hydrogen-bond acceptors (Lipinski definition) is 3. The number of aryl methyl sites for hydroxylation is 1.